The van der Waals surface area contributed by atoms with Crippen molar-refractivity contribution in [1.29, 1.82) is 0 Å². The molecule has 168 valence electrons. The van der Waals surface area contributed by atoms with Gasteiger partial charge in [0.2, 0.25) is 15.9 Å². The average molecular weight is 473 g/mol. The van der Waals surface area contributed by atoms with E-state index in [0.29, 0.717) is 18.7 Å². The maximum Gasteiger partial charge on any atom is 0.241 e. The minimum absolute atomic E-state index is 0.0431. The van der Waals surface area contributed by atoms with E-state index in [9.17, 15) is 13.2 Å². The first-order valence-electron chi connectivity index (χ1n) is 10.1. The molecule has 3 aromatic rings. The minimum atomic E-state index is -4.00. The molecule has 0 fully saturated rings. The number of carbonyl (C=O) groups is 1. The second-order valence-electron chi connectivity index (χ2n) is 7.19. The Balaban J connectivity index is 1.75. The number of rotatable bonds is 10. The maximum atomic E-state index is 13.0. The highest BCUT2D eigenvalue weighted by Crippen LogP contribution is 2.27. The molecule has 6 nitrogen and oxygen atoms in total. The first kappa shape index (κ1) is 23.8. The monoisotopic (exact) mass is 472 g/mol. The summed E-state index contributed by atoms with van der Waals surface area (Å²) in [5.41, 5.74) is 1.92. The van der Waals surface area contributed by atoms with Crippen molar-refractivity contribution in [2.24, 2.45) is 0 Å². The molecule has 1 amide bonds. The van der Waals surface area contributed by atoms with E-state index in [1.54, 1.807) is 0 Å². The fourth-order valence-corrected chi connectivity index (χ4v) is 4.75. The van der Waals surface area contributed by atoms with E-state index in [2.05, 4.69) is 10.0 Å². The fraction of sp³-hybridized carbons (Fsp3) is 0.208. The van der Waals surface area contributed by atoms with Crippen LogP contribution in [-0.2, 0) is 27.7 Å². The summed E-state index contributed by atoms with van der Waals surface area (Å²) in [5.74, 6) is -0.0296. The van der Waals surface area contributed by atoms with Crippen molar-refractivity contribution in [1.82, 2.24) is 10.0 Å². The predicted octanol–water partition coefficient (Wildman–Crippen LogP) is 3.60. The van der Waals surface area contributed by atoms with Crippen molar-refractivity contribution < 1.29 is 17.9 Å². The van der Waals surface area contributed by atoms with Gasteiger partial charge in [0.15, 0.2) is 0 Å². The molecule has 0 aromatic heterocycles. The number of hydrogen-bond acceptors (Lipinski definition) is 4. The Morgan fingerprint density at radius 3 is 2.19 bits per heavy atom. The number of ether oxygens (including phenoxy) is 1. The fourth-order valence-electron chi connectivity index (χ4n) is 3.21. The molecule has 2 N–H and O–H groups in total. The number of nitrogens with one attached hydrogen (secondary N) is 2. The number of hydrogen-bond donors (Lipinski definition) is 2. The van der Waals surface area contributed by atoms with Crippen molar-refractivity contribution in [2.45, 2.75) is 23.8 Å². The topological polar surface area (TPSA) is 84.5 Å². The van der Waals surface area contributed by atoms with E-state index in [4.69, 9.17) is 16.3 Å². The van der Waals surface area contributed by atoms with E-state index < -0.39 is 22.0 Å². The Labute approximate surface area is 193 Å². The smallest absolute Gasteiger partial charge is 0.241 e. The number of amides is 1. The van der Waals surface area contributed by atoms with E-state index >= 15 is 0 Å². The van der Waals surface area contributed by atoms with E-state index in [1.165, 1.54) is 25.3 Å². The highest BCUT2D eigenvalue weighted by Gasteiger charge is 2.26. The third kappa shape index (κ3) is 6.56. The van der Waals surface area contributed by atoms with Crippen LogP contribution in [0, 0.1) is 0 Å². The van der Waals surface area contributed by atoms with Gasteiger partial charge in [0.1, 0.15) is 11.8 Å². The highest BCUT2D eigenvalue weighted by atomic mass is 35.5. The molecule has 0 aliphatic rings. The summed E-state index contributed by atoms with van der Waals surface area (Å²) in [6.07, 6.45) is 0.854. The molecule has 0 saturated carbocycles. The molecular weight excluding hydrogens is 448 g/mol. The molecule has 32 heavy (non-hydrogen) atoms. The normalized spacial score (nSPS) is 12.2. The van der Waals surface area contributed by atoms with Crippen LogP contribution in [0.1, 0.15) is 11.1 Å². The van der Waals surface area contributed by atoms with Crippen molar-refractivity contribution in [3.8, 4) is 5.75 Å². The van der Waals surface area contributed by atoms with Crippen LogP contribution >= 0.6 is 11.6 Å². The molecule has 0 aliphatic carbocycles. The third-order valence-electron chi connectivity index (χ3n) is 4.89. The zero-order chi connectivity index (χ0) is 23.0. The van der Waals surface area contributed by atoms with Crippen molar-refractivity contribution in [2.75, 3.05) is 13.7 Å². The zero-order valence-corrected chi connectivity index (χ0v) is 19.2. The molecule has 0 unspecified atom stereocenters. The number of carbonyl (C=O) groups excluding carboxylic acids is 1. The molecule has 0 saturated heterocycles. The first-order valence-corrected chi connectivity index (χ1v) is 12.0. The maximum absolute atomic E-state index is 13.0. The van der Waals surface area contributed by atoms with Gasteiger partial charge in [-0.1, -0.05) is 72.3 Å². The number of sulfonamides is 1. The Bertz CT molecular complexity index is 1140. The minimum Gasteiger partial charge on any atom is -0.495 e. The molecule has 0 aliphatic heterocycles. The lowest BCUT2D eigenvalue weighted by molar-refractivity contribution is -0.122. The van der Waals surface area contributed by atoms with Gasteiger partial charge in [0.25, 0.3) is 0 Å². The standard InChI is InChI=1S/C24H25ClN2O4S/c1-31-23-13-12-20(17-21(23)25)32(29,30)27-22(16-19-10-6-3-7-11-19)24(28)26-15-14-18-8-4-2-5-9-18/h2-13,17,22,27H,14-16H2,1H3,(H,26,28)/t22-/m0/s1. The molecular formula is C24H25ClN2O4S. The second-order valence-corrected chi connectivity index (χ2v) is 9.31. The van der Waals surface area contributed by atoms with Gasteiger partial charge < -0.3 is 10.1 Å². The molecule has 8 heteroatoms. The van der Waals surface area contributed by atoms with Crippen LogP contribution in [0.5, 0.6) is 5.75 Å². The van der Waals surface area contributed by atoms with Crippen molar-refractivity contribution in [3.63, 3.8) is 0 Å². The van der Waals surface area contributed by atoms with Crippen LogP contribution in [0.4, 0.5) is 0 Å². The van der Waals surface area contributed by atoms with Crippen molar-refractivity contribution >= 4 is 27.5 Å². The molecule has 3 rings (SSSR count). The summed E-state index contributed by atoms with van der Waals surface area (Å²) in [6, 6.07) is 22.2. The lowest BCUT2D eigenvalue weighted by Gasteiger charge is -2.19. The quantitative estimate of drug-likeness (QED) is 0.472. The van der Waals surface area contributed by atoms with Gasteiger partial charge in [-0.25, -0.2) is 8.42 Å². The number of benzene rings is 3. The van der Waals surface area contributed by atoms with Crippen LogP contribution < -0.4 is 14.8 Å². The first-order chi connectivity index (χ1) is 15.4. The Morgan fingerprint density at radius 2 is 1.59 bits per heavy atom. The van der Waals surface area contributed by atoms with Crippen LogP contribution in [0.2, 0.25) is 5.02 Å². The Kier molecular flexibility index (Phi) is 8.27. The van der Waals surface area contributed by atoms with Gasteiger partial charge in [-0.2, -0.15) is 4.72 Å². The predicted molar refractivity (Wildman–Crippen MR) is 125 cm³/mol. The summed E-state index contributed by atoms with van der Waals surface area (Å²) in [5, 5.41) is 3.01. The summed E-state index contributed by atoms with van der Waals surface area (Å²) >= 11 is 6.09. The van der Waals surface area contributed by atoms with Gasteiger partial charge in [-0.05, 0) is 42.2 Å². The molecule has 1 atom stereocenters. The van der Waals surface area contributed by atoms with Gasteiger partial charge >= 0.3 is 0 Å². The summed E-state index contributed by atoms with van der Waals surface area (Å²) in [4.78, 5) is 12.9. The lowest BCUT2D eigenvalue weighted by atomic mass is 10.1. The van der Waals surface area contributed by atoms with Gasteiger partial charge in [0.05, 0.1) is 17.0 Å². The van der Waals surface area contributed by atoms with E-state index in [-0.39, 0.29) is 16.3 Å². The van der Waals surface area contributed by atoms with Gasteiger partial charge in [-0.3, -0.25) is 4.79 Å². The third-order valence-corrected chi connectivity index (χ3v) is 6.65. The second kappa shape index (κ2) is 11.1. The van der Waals surface area contributed by atoms with E-state index in [1.807, 2.05) is 60.7 Å². The van der Waals surface area contributed by atoms with Crippen molar-refractivity contribution in [3.05, 3.63) is 95.0 Å². The molecule has 0 heterocycles. The summed E-state index contributed by atoms with van der Waals surface area (Å²) in [7, 11) is -2.55. The average Bonchev–Trinajstić information content (AvgIpc) is 2.80. The van der Waals surface area contributed by atoms with Crippen LogP contribution in [0.3, 0.4) is 0 Å². The largest absolute Gasteiger partial charge is 0.495 e. The van der Waals surface area contributed by atoms with Gasteiger partial charge in [0, 0.05) is 6.54 Å². The van der Waals surface area contributed by atoms with E-state index in [0.717, 1.165) is 11.1 Å². The summed E-state index contributed by atoms with van der Waals surface area (Å²) < 4.78 is 33.6. The highest BCUT2D eigenvalue weighted by molar-refractivity contribution is 7.89. The van der Waals surface area contributed by atoms with Crippen LogP contribution in [0.15, 0.2) is 83.8 Å². The number of halogens is 1. The summed E-state index contributed by atoms with van der Waals surface area (Å²) in [6.45, 7) is 0.393. The van der Waals surface area contributed by atoms with Crippen LogP contribution in [0.25, 0.3) is 0 Å². The zero-order valence-electron chi connectivity index (χ0n) is 17.6. The van der Waals surface area contributed by atoms with Gasteiger partial charge in [-0.15, -0.1) is 0 Å². The Hall–Kier alpha value is -2.87. The molecule has 0 spiro atoms. The van der Waals surface area contributed by atoms with Crippen LogP contribution in [-0.4, -0.2) is 34.0 Å². The Morgan fingerprint density at radius 1 is 0.969 bits per heavy atom. The molecule has 0 bridgehead atoms. The number of methoxy groups -OCH3 is 1. The molecule has 0 radical (unpaired) electrons. The molecule has 3 aromatic carbocycles. The lowest BCUT2D eigenvalue weighted by Crippen LogP contribution is -2.48. The SMILES string of the molecule is COc1ccc(S(=O)(=O)N[C@@H](Cc2ccccc2)C(=O)NCCc2ccccc2)cc1Cl.